The highest BCUT2D eigenvalue weighted by atomic mass is 16.5. The second-order valence-corrected chi connectivity index (χ2v) is 3.05. The van der Waals surface area contributed by atoms with E-state index in [0.29, 0.717) is 11.4 Å². The minimum atomic E-state index is -0.300. The van der Waals surface area contributed by atoms with Gasteiger partial charge in [-0.15, -0.1) is 0 Å². The van der Waals surface area contributed by atoms with E-state index >= 15 is 0 Å². The molecule has 16 heavy (non-hydrogen) atoms. The summed E-state index contributed by atoms with van der Waals surface area (Å²) in [6, 6.07) is 3.41. The van der Waals surface area contributed by atoms with Crippen LogP contribution in [0.15, 0.2) is 35.3 Å². The van der Waals surface area contributed by atoms with Gasteiger partial charge in [0, 0.05) is 7.05 Å². The van der Waals surface area contributed by atoms with E-state index in [1.165, 1.54) is 12.5 Å². The standard InChI is InChI=1S/C10H10N4O2/c1-11-7-2-3-9(12-4-7)10(15)14-8-5-13-16-6-8/h2-6,11H,1H3,(H,14,15). The normalized spacial score (nSPS) is 9.81. The third-order valence-electron chi connectivity index (χ3n) is 1.97. The number of nitrogens with one attached hydrogen (secondary N) is 2. The van der Waals surface area contributed by atoms with Crippen molar-refractivity contribution in [1.29, 1.82) is 0 Å². The maximum absolute atomic E-state index is 11.6. The highest BCUT2D eigenvalue weighted by Crippen LogP contribution is 2.08. The van der Waals surface area contributed by atoms with E-state index in [2.05, 4.69) is 25.3 Å². The topological polar surface area (TPSA) is 80.0 Å². The second-order valence-electron chi connectivity index (χ2n) is 3.05. The number of aromatic nitrogens is 2. The molecule has 0 fully saturated rings. The van der Waals surface area contributed by atoms with Crippen LogP contribution in [0.3, 0.4) is 0 Å². The first-order chi connectivity index (χ1) is 7.79. The van der Waals surface area contributed by atoms with Crippen molar-refractivity contribution < 1.29 is 9.32 Å². The lowest BCUT2D eigenvalue weighted by Gasteiger charge is -2.02. The van der Waals surface area contributed by atoms with Crippen molar-refractivity contribution in [3.63, 3.8) is 0 Å². The third kappa shape index (κ3) is 2.17. The van der Waals surface area contributed by atoms with E-state index in [0.717, 1.165) is 5.69 Å². The molecule has 0 saturated carbocycles. The minimum Gasteiger partial charge on any atom is -0.387 e. The maximum atomic E-state index is 11.6. The van der Waals surface area contributed by atoms with Gasteiger partial charge < -0.3 is 15.2 Å². The molecule has 0 radical (unpaired) electrons. The van der Waals surface area contributed by atoms with Crippen LogP contribution in [0.1, 0.15) is 10.5 Å². The van der Waals surface area contributed by atoms with Crippen molar-refractivity contribution in [3.05, 3.63) is 36.5 Å². The summed E-state index contributed by atoms with van der Waals surface area (Å²) < 4.78 is 4.59. The molecule has 6 heteroatoms. The molecular formula is C10H10N4O2. The number of hydrogen-bond donors (Lipinski definition) is 2. The monoisotopic (exact) mass is 218 g/mol. The van der Waals surface area contributed by atoms with E-state index in [1.807, 2.05) is 0 Å². The lowest BCUT2D eigenvalue weighted by Crippen LogP contribution is -2.13. The smallest absolute Gasteiger partial charge is 0.274 e. The van der Waals surface area contributed by atoms with Crippen LogP contribution in [0.2, 0.25) is 0 Å². The Morgan fingerprint density at radius 3 is 2.75 bits per heavy atom. The molecule has 2 heterocycles. The molecule has 6 nitrogen and oxygen atoms in total. The van der Waals surface area contributed by atoms with Gasteiger partial charge in [0.15, 0.2) is 0 Å². The molecule has 2 aromatic rings. The van der Waals surface area contributed by atoms with E-state index in [-0.39, 0.29) is 5.91 Å². The molecule has 82 valence electrons. The summed E-state index contributed by atoms with van der Waals surface area (Å²) in [4.78, 5) is 15.7. The van der Waals surface area contributed by atoms with Gasteiger partial charge in [0.05, 0.1) is 18.1 Å². The molecule has 2 rings (SSSR count). The molecule has 0 saturated heterocycles. The average Bonchev–Trinajstić information content (AvgIpc) is 2.82. The molecule has 2 N–H and O–H groups in total. The summed E-state index contributed by atoms with van der Waals surface area (Å²) in [5.41, 5.74) is 1.69. The van der Waals surface area contributed by atoms with E-state index in [4.69, 9.17) is 0 Å². The molecule has 0 atom stereocenters. The Morgan fingerprint density at radius 2 is 2.19 bits per heavy atom. The molecular weight excluding hydrogens is 208 g/mol. The van der Waals surface area contributed by atoms with Gasteiger partial charge >= 0.3 is 0 Å². The number of carbonyl (C=O) groups excluding carboxylic acids is 1. The largest absolute Gasteiger partial charge is 0.387 e. The molecule has 0 aliphatic carbocycles. The van der Waals surface area contributed by atoms with Crippen LogP contribution in [-0.2, 0) is 0 Å². The first-order valence-electron chi connectivity index (χ1n) is 4.64. The second kappa shape index (κ2) is 4.43. The van der Waals surface area contributed by atoms with Crippen LogP contribution in [0.4, 0.5) is 11.4 Å². The summed E-state index contributed by atoms with van der Waals surface area (Å²) in [5, 5.41) is 8.99. The van der Waals surface area contributed by atoms with Gasteiger partial charge in [0.25, 0.3) is 5.91 Å². The fourth-order valence-electron chi connectivity index (χ4n) is 1.14. The molecule has 2 aromatic heterocycles. The van der Waals surface area contributed by atoms with Gasteiger partial charge in [-0.1, -0.05) is 5.16 Å². The van der Waals surface area contributed by atoms with Gasteiger partial charge in [0.2, 0.25) is 0 Å². The zero-order chi connectivity index (χ0) is 11.4. The summed E-state index contributed by atoms with van der Waals surface area (Å²) >= 11 is 0. The van der Waals surface area contributed by atoms with Crippen LogP contribution in [0.5, 0.6) is 0 Å². The predicted octanol–water partition coefficient (Wildman–Crippen LogP) is 1.36. The first kappa shape index (κ1) is 10.2. The number of pyridine rings is 1. The molecule has 0 bridgehead atoms. The summed E-state index contributed by atoms with van der Waals surface area (Å²) in [6.07, 6.45) is 4.35. The number of rotatable bonds is 3. The van der Waals surface area contributed by atoms with Crippen molar-refractivity contribution in [2.45, 2.75) is 0 Å². The van der Waals surface area contributed by atoms with Gasteiger partial charge in [-0.3, -0.25) is 4.79 Å². The number of hydrogen-bond acceptors (Lipinski definition) is 5. The quantitative estimate of drug-likeness (QED) is 0.813. The van der Waals surface area contributed by atoms with E-state index in [9.17, 15) is 4.79 Å². The molecule has 0 unspecified atom stereocenters. The van der Waals surface area contributed by atoms with Gasteiger partial charge in [-0.2, -0.15) is 0 Å². The molecule has 1 amide bonds. The molecule has 0 spiro atoms. The number of nitrogens with zero attached hydrogens (tertiary/aromatic N) is 2. The highest BCUT2D eigenvalue weighted by molar-refractivity contribution is 6.02. The Hall–Kier alpha value is -2.37. The lowest BCUT2D eigenvalue weighted by atomic mass is 10.3. The van der Waals surface area contributed by atoms with Gasteiger partial charge in [-0.05, 0) is 12.1 Å². The average molecular weight is 218 g/mol. The van der Waals surface area contributed by atoms with Crippen molar-refractivity contribution >= 4 is 17.3 Å². The van der Waals surface area contributed by atoms with Crippen molar-refractivity contribution in [2.75, 3.05) is 17.7 Å². The van der Waals surface area contributed by atoms with Crippen LogP contribution < -0.4 is 10.6 Å². The fourth-order valence-corrected chi connectivity index (χ4v) is 1.14. The maximum Gasteiger partial charge on any atom is 0.274 e. The highest BCUT2D eigenvalue weighted by Gasteiger charge is 2.08. The molecule has 0 aliphatic heterocycles. The van der Waals surface area contributed by atoms with Crippen LogP contribution in [-0.4, -0.2) is 23.1 Å². The molecule has 0 aromatic carbocycles. The lowest BCUT2D eigenvalue weighted by molar-refractivity contribution is 0.102. The fraction of sp³-hybridized carbons (Fsp3) is 0.100. The van der Waals surface area contributed by atoms with E-state index in [1.54, 1.807) is 25.4 Å². The minimum absolute atomic E-state index is 0.300. The number of anilines is 2. The van der Waals surface area contributed by atoms with E-state index < -0.39 is 0 Å². The first-order valence-corrected chi connectivity index (χ1v) is 4.64. The Bertz CT molecular complexity index is 464. The third-order valence-corrected chi connectivity index (χ3v) is 1.97. The van der Waals surface area contributed by atoms with Gasteiger partial charge in [0.1, 0.15) is 17.6 Å². The van der Waals surface area contributed by atoms with Crippen molar-refractivity contribution in [1.82, 2.24) is 10.1 Å². The van der Waals surface area contributed by atoms with Crippen LogP contribution in [0.25, 0.3) is 0 Å². The number of amides is 1. The zero-order valence-corrected chi connectivity index (χ0v) is 8.60. The Kier molecular flexibility index (Phi) is 2.81. The van der Waals surface area contributed by atoms with Crippen LogP contribution >= 0.6 is 0 Å². The molecule has 0 aliphatic rings. The Morgan fingerprint density at radius 1 is 1.31 bits per heavy atom. The van der Waals surface area contributed by atoms with Crippen molar-refractivity contribution in [3.8, 4) is 0 Å². The van der Waals surface area contributed by atoms with Crippen molar-refractivity contribution in [2.24, 2.45) is 0 Å². The van der Waals surface area contributed by atoms with Crippen LogP contribution in [0, 0.1) is 0 Å². The predicted molar refractivity (Wildman–Crippen MR) is 58.2 cm³/mol. The SMILES string of the molecule is CNc1ccc(C(=O)Nc2cnoc2)nc1. The Labute approximate surface area is 91.7 Å². The zero-order valence-electron chi connectivity index (χ0n) is 8.60. The Balaban J connectivity index is 2.09. The summed E-state index contributed by atoms with van der Waals surface area (Å²) in [7, 11) is 1.79. The summed E-state index contributed by atoms with van der Waals surface area (Å²) in [5.74, 6) is -0.300. The van der Waals surface area contributed by atoms with Gasteiger partial charge in [-0.25, -0.2) is 4.98 Å². The number of carbonyl (C=O) groups is 1. The summed E-state index contributed by atoms with van der Waals surface area (Å²) in [6.45, 7) is 0.